The third kappa shape index (κ3) is 4.15. The summed E-state index contributed by atoms with van der Waals surface area (Å²) in [6.45, 7) is 0.278. The summed E-state index contributed by atoms with van der Waals surface area (Å²) in [7, 11) is 0. The fraction of sp³-hybridized carbons (Fsp3) is 0.444. The normalized spacial score (nSPS) is 22.3. The highest BCUT2D eigenvalue weighted by atomic mass is 16.3. The Morgan fingerprint density at radius 2 is 2.07 bits per heavy atom. The molecular weight excluding hydrogens is 352 g/mol. The summed E-state index contributed by atoms with van der Waals surface area (Å²) in [5.41, 5.74) is 6.98. The molecule has 0 bridgehead atoms. The molecule has 1 aromatic rings. The van der Waals surface area contributed by atoms with Gasteiger partial charge in [-0.3, -0.25) is 29.4 Å². The third-order valence-electron chi connectivity index (χ3n) is 4.86. The number of fused-ring (bicyclic) bond motifs is 1. The highest BCUT2D eigenvalue weighted by Gasteiger charge is 2.40. The Bertz CT molecular complexity index is 794. The molecule has 0 radical (unpaired) electrons. The van der Waals surface area contributed by atoms with E-state index in [2.05, 4.69) is 10.6 Å². The first-order valence-corrected chi connectivity index (χ1v) is 8.84. The van der Waals surface area contributed by atoms with Crippen molar-refractivity contribution >= 4 is 29.3 Å². The molecule has 1 aromatic carbocycles. The predicted octanol–water partition coefficient (Wildman–Crippen LogP) is -0.108. The topological polar surface area (TPSA) is 142 Å². The van der Waals surface area contributed by atoms with Crippen LogP contribution in [0.25, 0.3) is 0 Å². The standard InChI is InChI=1S/C18H22N4O5/c19-14(23)5-2-6-15(24)20-12-4-1-3-10-11(12)9-22(18(10)27)13-7-8-16(25)21-17(13)26/h1,3-4,13,18,27H,2,5-9H2,(H2,19,23)(H,20,24)(H,21,25,26). The minimum atomic E-state index is -0.990. The van der Waals surface area contributed by atoms with Gasteiger partial charge in [0.15, 0.2) is 0 Å². The zero-order valence-corrected chi connectivity index (χ0v) is 14.7. The van der Waals surface area contributed by atoms with Gasteiger partial charge in [0.2, 0.25) is 23.6 Å². The van der Waals surface area contributed by atoms with Gasteiger partial charge in [0, 0.05) is 37.1 Å². The summed E-state index contributed by atoms with van der Waals surface area (Å²) in [6, 6.07) is 4.58. The number of carbonyl (C=O) groups is 4. The molecule has 3 rings (SSSR count). The molecule has 2 atom stereocenters. The lowest BCUT2D eigenvalue weighted by molar-refractivity contribution is -0.141. The van der Waals surface area contributed by atoms with E-state index in [0.29, 0.717) is 24.1 Å². The molecule has 2 aliphatic heterocycles. The number of nitrogens with zero attached hydrogens (tertiary/aromatic N) is 1. The van der Waals surface area contributed by atoms with Crippen LogP contribution in [0.1, 0.15) is 49.5 Å². The van der Waals surface area contributed by atoms with Crippen molar-refractivity contribution in [3.63, 3.8) is 0 Å². The summed E-state index contributed by atoms with van der Waals surface area (Å²) in [5, 5.41) is 15.7. The van der Waals surface area contributed by atoms with Gasteiger partial charge in [-0.25, -0.2) is 0 Å². The van der Waals surface area contributed by atoms with Gasteiger partial charge in [-0.15, -0.1) is 0 Å². The van der Waals surface area contributed by atoms with Crippen molar-refractivity contribution in [3.8, 4) is 0 Å². The van der Waals surface area contributed by atoms with Crippen molar-refractivity contribution in [2.45, 2.75) is 50.9 Å². The fourth-order valence-corrected chi connectivity index (χ4v) is 3.50. The number of primary amides is 1. The fourth-order valence-electron chi connectivity index (χ4n) is 3.50. The summed E-state index contributed by atoms with van der Waals surface area (Å²) in [6.07, 6.45) is 0.232. The minimum absolute atomic E-state index is 0.141. The Labute approximate surface area is 155 Å². The molecule has 0 aliphatic carbocycles. The molecule has 0 spiro atoms. The number of hydrogen-bond acceptors (Lipinski definition) is 6. The van der Waals surface area contributed by atoms with Gasteiger partial charge in [-0.1, -0.05) is 12.1 Å². The van der Waals surface area contributed by atoms with E-state index in [1.54, 1.807) is 23.1 Å². The van der Waals surface area contributed by atoms with Gasteiger partial charge in [0.25, 0.3) is 0 Å². The number of nitrogens with two attached hydrogens (primary N) is 1. The number of amides is 4. The van der Waals surface area contributed by atoms with Gasteiger partial charge in [0.05, 0.1) is 6.04 Å². The number of hydrogen-bond donors (Lipinski definition) is 4. The Kier molecular flexibility index (Phi) is 5.52. The molecule has 1 fully saturated rings. The summed E-state index contributed by atoms with van der Waals surface area (Å²) < 4.78 is 0. The molecule has 0 saturated carbocycles. The van der Waals surface area contributed by atoms with Crippen molar-refractivity contribution in [1.82, 2.24) is 10.2 Å². The molecule has 4 amide bonds. The Morgan fingerprint density at radius 3 is 2.78 bits per heavy atom. The van der Waals surface area contributed by atoms with Crippen molar-refractivity contribution in [1.29, 1.82) is 0 Å². The number of anilines is 1. The van der Waals surface area contributed by atoms with Gasteiger partial charge >= 0.3 is 0 Å². The smallest absolute Gasteiger partial charge is 0.244 e. The molecule has 0 aromatic heterocycles. The summed E-state index contributed by atoms with van der Waals surface area (Å²) >= 11 is 0. The SMILES string of the molecule is NC(=O)CCCC(=O)Nc1cccc2c1CN(C1CCC(=O)NC1=O)C2O. The van der Waals surface area contributed by atoms with Crippen LogP contribution in [0.2, 0.25) is 0 Å². The Balaban J connectivity index is 1.71. The van der Waals surface area contributed by atoms with Crippen molar-refractivity contribution < 1.29 is 24.3 Å². The zero-order chi connectivity index (χ0) is 19.6. The molecule has 5 N–H and O–H groups in total. The highest BCUT2D eigenvalue weighted by Crippen LogP contribution is 2.38. The quantitative estimate of drug-likeness (QED) is 0.512. The first kappa shape index (κ1) is 19.0. The Morgan fingerprint density at radius 1 is 1.30 bits per heavy atom. The number of piperidine rings is 1. The number of rotatable bonds is 6. The van der Waals surface area contributed by atoms with E-state index in [1.807, 2.05) is 0 Å². The molecule has 144 valence electrons. The number of aliphatic hydroxyl groups excluding tert-OH is 1. The molecule has 2 unspecified atom stereocenters. The van der Waals surface area contributed by atoms with Crippen LogP contribution in [0.5, 0.6) is 0 Å². The summed E-state index contributed by atoms with van der Waals surface area (Å²) in [4.78, 5) is 48.0. The highest BCUT2D eigenvalue weighted by molar-refractivity contribution is 6.00. The lowest BCUT2D eigenvalue weighted by Gasteiger charge is -2.31. The second kappa shape index (κ2) is 7.85. The number of carbonyl (C=O) groups excluding carboxylic acids is 4. The van der Waals surface area contributed by atoms with Crippen LogP contribution in [-0.4, -0.2) is 39.7 Å². The largest absolute Gasteiger partial charge is 0.374 e. The third-order valence-corrected chi connectivity index (χ3v) is 4.86. The van der Waals surface area contributed by atoms with Gasteiger partial charge < -0.3 is 16.2 Å². The first-order valence-electron chi connectivity index (χ1n) is 8.84. The van der Waals surface area contributed by atoms with Crippen LogP contribution in [0.3, 0.4) is 0 Å². The second-order valence-corrected chi connectivity index (χ2v) is 6.75. The maximum Gasteiger partial charge on any atom is 0.244 e. The second-order valence-electron chi connectivity index (χ2n) is 6.75. The number of imide groups is 1. The van der Waals surface area contributed by atoms with Gasteiger partial charge in [0.1, 0.15) is 6.23 Å². The number of nitrogens with one attached hydrogen (secondary N) is 2. The van der Waals surface area contributed by atoms with E-state index in [1.165, 1.54) is 0 Å². The number of aliphatic hydroxyl groups is 1. The lowest BCUT2D eigenvalue weighted by atomic mass is 10.0. The molecule has 2 heterocycles. The van der Waals surface area contributed by atoms with E-state index in [0.717, 1.165) is 5.56 Å². The van der Waals surface area contributed by atoms with Crippen LogP contribution >= 0.6 is 0 Å². The molecule has 9 nitrogen and oxygen atoms in total. The average molecular weight is 374 g/mol. The number of benzene rings is 1. The molecule has 27 heavy (non-hydrogen) atoms. The van der Waals surface area contributed by atoms with Gasteiger partial charge in [-0.05, 0) is 24.5 Å². The van der Waals surface area contributed by atoms with Crippen LogP contribution < -0.4 is 16.4 Å². The maximum absolute atomic E-state index is 12.1. The van der Waals surface area contributed by atoms with Crippen LogP contribution in [0.4, 0.5) is 5.69 Å². The minimum Gasteiger partial charge on any atom is -0.374 e. The van der Waals surface area contributed by atoms with Crippen molar-refractivity contribution in [2.75, 3.05) is 5.32 Å². The predicted molar refractivity (Wildman–Crippen MR) is 94.8 cm³/mol. The van der Waals surface area contributed by atoms with E-state index < -0.39 is 24.1 Å². The Hall–Kier alpha value is -2.78. The molecule has 9 heteroatoms. The molecular formula is C18H22N4O5. The molecule has 2 aliphatic rings. The van der Waals surface area contributed by atoms with Crippen molar-refractivity contribution in [3.05, 3.63) is 29.3 Å². The van der Waals surface area contributed by atoms with Crippen LogP contribution in [0.15, 0.2) is 18.2 Å². The van der Waals surface area contributed by atoms with E-state index in [4.69, 9.17) is 5.73 Å². The van der Waals surface area contributed by atoms with E-state index in [-0.39, 0.29) is 37.6 Å². The maximum atomic E-state index is 12.1. The van der Waals surface area contributed by atoms with E-state index >= 15 is 0 Å². The first-order chi connectivity index (χ1) is 12.9. The zero-order valence-electron chi connectivity index (χ0n) is 14.7. The lowest BCUT2D eigenvalue weighted by Crippen LogP contribution is -2.51. The van der Waals surface area contributed by atoms with Crippen LogP contribution in [-0.2, 0) is 25.7 Å². The van der Waals surface area contributed by atoms with E-state index in [9.17, 15) is 24.3 Å². The van der Waals surface area contributed by atoms with Crippen LogP contribution in [0, 0.1) is 0 Å². The van der Waals surface area contributed by atoms with Gasteiger partial charge in [-0.2, -0.15) is 0 Å². The molecule has 1 saturated heterocycles. The summed E-state index contributed by atoms with van der Waals surface area (Å²) in [5.74, 6) is -1.44. The van der Waals surface area contributed by atoms with Crippen molar-refractivity contribution in [2.24, 2.45) is 5.73 Å². The average Bonchev–Trinajstić information content (AvgIpc) is 2.93. The monoisotopic (exact) mass is 374 g/mol.